The van der Waals surface area contributed by atoms with Crippen molar-refractivity contribution >= 4 is 52.3 Å². The minimum absolute atomic E-state index is 0.0288. The van der Waals surface area contributed by atoms with E-state index in [4.69, 9.17) is 23.0 Å². The quantitative estimate of drug-likeness (QED) is 0.124. The number of thiol groups is 1. The minimum atomic E-state index is -0.855. The molecule has 3 aromatic carbocycles. The Morgan fingerprint density at radius 2 is 1.72 bits per heavy atom. The molecule has 2 aliphatic rings. The molecule has 1 atom stereocenters. The van der Waals surface area contributed by atoms with Crippen molar-refractivity contribution in [2.75, 3.05) is 55.9 Å². The van der Waals surface area contributed by atoms with Crippen LogP contribution in [0.5, 0.6) is 23.1 Å². The maximum absolute atomic E-state index is 15.7. The van der Waals surface area contributed by atoms with Crippen LogP contribution in [0.25, 0.3) is 10.9 Å². The number of aryl methyl sites for hydroxylation is 1. The van der Waals surface area contributed by atoms with Crippen molar-refractivity contribution in [2.45, 2.75) is 26.4 Å². The number of hydrogen-bond donors (Lipinski definition) is 3. The predicted molar refractivity (Wildman–Crippen MR) is 197 cm³/mol. The molecule has 1 unspecified atom stereocenters. The zero-order chi connectivity index (χ0) is 38.3. The second-order valence-electron chi connectivity index (χ2n) is 12.6. The summed E-state index contributed by atoms with van der Waals surface area (Å²) in [5, 5.41) is 6.18. The number of rotatable bonds is 9. The Hall–Kier alpha value is -5.94. The molecule has 1 saturated heterocycles. The summed E-state index contributed by atoms with van der Waals surface area (Å²) in [6.45, 7) is 5.78. The maximum Gasteiger partial charge on any atom is 0.519 e. The van der Waals surface area contributed by atoms with Gasteiger partial charge in [0.1, 0.15) is 17.9 Å². The first-order chi connectivity index (χ1) is 25.9. The molecule has 14 nitrogen and oxygen atoms in total. The van der Waals surface area contributed by atoms with E-state index in [0.29, 0.717) is 72.3 Å². The molecular formula is C37H34F2N6O8S. The number of benzene rings is 3. The Kier molecular flexibility index (Phi) is 10.00. The zero-order valence-corrected chi connectivity index (χ0v) is 30.4. The van der Waals surface area contributed by atoms with Crippen LogP contribution >= 0.6 is 12.6 Å². The first-order valence-electron chi connectivity index (χ1n) is 16.7. The van der Waals surface area contributed by atoms with E-state index in [0.717, 1.165) is 12.1 Å². The third-order valence-electron chi connectivity index (χ3n) is 9.24. The lowest BCUT2D eigenvalue weighted by molar-refractivity contribution is -0.112. The number of amides is 1. The number of nitrogens with zero attached hydrogens (tertiary/aromatic N) is 4. The maximum atomic E-state index is 15.7. The van der Waals surface area contributed by atoms with E-state index in [1.54, 1.807) is 32.0 Å². The SMILES string of the molecule is COc1cc2ncnc(Oc3ccc(NC(=O)C4=C(S)C(C)Nc5cc(N6CCN(Cc7oc(=O)oc7C)CC6)c(F)cc5C4=O)cc3F)c2cc1OC. The van der Waals surface area contributed by atoms with Gasteiger partial charge in [-0.3, -0.25) is 14.5 Å². The van der Waals surface area contributed by atoms with Gasteiger partial charge in [-0.05, 0) is 44.2 Å². The molecule has 2 aromatic heterocycles. The molecule has 280 valence electrons. The molecule has 0 aliphatic carbocycles. The van der Waals surface area contributed by atoms with Gasteiger partial charge < -0.3 is 38.6 Å². The van der Waals surface area contributed by atoms with Crippen molar-refractivity contribution in [1.29, 1.82) is 0 Å². The zero-order valence-electron chi connectivity index (χ0n) is 29.5. The number of ketones is 1. The normalized spacial score (nSPS) is 16.2. The fourth-order valence-electron chi connectivity index (χ4n) is 6.37. The summed E-state index contributed by atoms with van der Waals surface area (Å²) in [5.74, 6) is -2.26. The van der Waals surface area contributed by atoms with Crippen LogP contribution < -0.4 is 35.6 Å². The lowest BCUT2D eigenvalue weighted by Crippen LogP contribution is -2.46. The molecule has 0 saturated carbocycles. The summed E-state index contributed by atoms with van der Waals surface area (Å²) in [5.41, 5.74) is 0.741. The van der Waals surface area contributed by atoms with Crippen LogP contribution in [0, 0.1) is 18.6 Å². The summed E-state index contributed by atoms with van der Waals surface area (Å²) in [6, 6.07) is 9.03. The van der Waals surface area contributed by atoms with Gasteiger partial charge in [0.2, 0.25) is 11.7 Å². The van der Waals surface area contributed by atoms with Gasteiger partial charge in [0.15, 0.2) is 28.8 Å². The summed E-state index contributed by atoms with van der Waals surface area (Å²) in [7, 11) is 2.96. The molecule has 5 aromatic rings. The fraction of sp³-hybridized carbons (Fsp3) is 0.270. The highest BCUT2D eigenvalue weighted by molar-refractivity contribution is 7.84. The van der Waals surface area contributed by atoms with Gasteiger partial charge in [-0.1, -0.05) is 0 Å². The summed E-state index contributed by atoms with van der Waals surface area (Å²) < 4.78 is 57.7. The van der Waals surface area contributed by atoms with Crippen molar-refractivity contribution in [3.05, 3.63) is 98.6 Å². The van der Waals surface area contributed by atoms with Crippen LogP contribution in [0.1, 0.15) is 28.8 Å². The Labute approximate surface area is 312 Å². The minimum Gasteiger partial charge on any atom is -0.493 e. The van der Waals surface area contributed by atoms with Crippen LogP contribution in [0.4, 0.5) is 25.8 Å². The van der Waals surface area contributed by atoms with E-state index in [2.05, 4.69) is 38.1 Å². The highest BCUT2D eigenvalue weighted by atomic mass is 32.1. The van der Waals surface area contributed by atoms with E-state index in [-0.39, 0.29) is 39.0 Å². The number of nitrogens with one attached hydrogen (secondary N) is 2. The van der Waals surface area contributed by atoms with Crippen LogP contribution in [-0.2, 0) is 11.3 Å². The monoisotopic (exact) mass is 760 g/mol. The molecule has 0 radical (unpaired) electrons. The van der Waals surface area contributed by atoms with Crippen molar-refractivity contribution < 1.29 is 41.4 Å². The summed E-state index contributed by atoms with van der Waals surface area (Å²) in [6.07, 6.45) is 1.26. The Morgan fingerprint density at radius 3 is 2.41 bits per heavy atom. The average molecular weight is 761 g/mol. The highest BCUT2D eigenvalue weighted by Gasteiger charge is 2.33. The smallest absolute Gasteiger partial charge is 0.493 e. The van der Waals surface area contributed by atoms with Crippen LogP contribution in [-0.4, -0.2) is 73.0 Å². The molecule has 4 heterocycles. The average Bonchev–Trinajstić information content (AvgIpc) is 3.43. The number of aromatic nitrogens is 2. The number of carbonyl (C=O) groups is 2. The first-order valence-corrected chi connectivity index (χ1v) is 17.2. The number of fused-ring (bicyclic) bond motifs is 2. The van der Waals surface area contributed by atoms with E-state index in [9.17, 15) is 14.4 Å². The van der Waals surface area contributed by atoms with Crippen molar-refractivity contribution in [3.63, 3.8) is 0 Å². The van der Waals surface area contributed by atoms with Gasteiger partial charge in [-0.2, -0.15) is 0 Å². The number of halogens is 2. The van der Waals surface area contributed by atoms with Crippen LogP contribution in [0.3, 0.4) is 0 Å². The topological polar surface area (TPSA) is 161 Å². The van der Waals surface area contributed by atoms with Crippen LogP contribution in [0.15, 0.2) is 72.9 Å². The number of carbonyl (C=O) groups excluding carboxylic acids is 2. The van der Waals surface area contributed by atoms with E-state index < -0.39 is 35.2 Å². The standard InChI is InChI=1S/C37H34F2N6O8S/c1-18-34(54)32(33(46)21-12-23(38)27(14-26(21)42-18)45-9-7-44(8-10-45)16-31-19(2)51-37(48)53-31)35(47)43-20-5-6-28(24(39)11-20)52-36-22-13-29(49-3)30(50-4)15-25(22)40-17-41-36/h5-6,11-15,17-18,42,54H,7-10,16H2,1-4H3,(H,43,47). The third kappa shape index (κ3) is 7.06. The Balaban J connectivity index is 1.06. The lowest BCUT2D eigenvalue weighted by Gasteiger charge is -2.36. The fourth-order valence-corrected chi connectivity index (χ4v) is 6.64. The van der Waals surface area contributed by atoms with E-state index in [1.165, 1.54) is 32.7 Å². The van der Waals surface area contributed by atoms with Gasteiger partial charge in [0.05, 0.1) is 49.0 Å². The molecule has 1 fully saturated rings. The first kappa shape index (κ1) is 36.4. The molecule has 0 spiro atoms. The second-order valence-corrected chi connectivity index (χ2v) is 13.1. The Morgan fingerprint density at radius 1 is 0.981 bits per heavy atom. The second kappa shape index (κ2) is 14.8. The molecule has 2 N–H and O–H groups in total. The van der Waals surface area contributed by atoms with Crippen molar-refractivity contribution in [2.24, 2.45) is 0 Å². The summed E-state index contributed by atoms with van der Waals surface area (Å²) >= 11 is 4.52. The number of hydrogen-bond acceptors (Lipinski definition) is 14. The number of ether oxygens (including phenoxy) is 3. The molecule has 7 rings (SSSR count). The number of piperazine rings is 1. The molecule has 17 heteroatoms. The van der Waals surface area contributed by atoms with Crippen LogP contribution in [0.2, 0.25) is 0 Å². The molecular weight excluding hydrogens is 727 g/mol. The van der Waals surface area contributed by atoms with Gasteiger partial charge >= 0.3 is 5.82 Å². The molecule has 1 amide bonds. The van der Waals surface area contributed by atoms with E-state index >= 15 is 8.78 Å². The molecule has 0 bridgehead atoms. The molecule has 2 aliphatic heterocycles. The van der Waals surface area contributed by atoms with Gasteiger partial charge in [-0.25, -0.2) is 23.5 Å². The summed E-state index contributed by atoms with van der Waals surface area (Å²) in [4.78, 5) is 51.3. The molecule has 54 heavy (non-hydrogen) atoms. The largest absolute Gasteiger partial charge is 0.519 e. The van der Waals surface area contributed by atoms with Gasteiger partial charge in [0, 0.05) is 60.2 Å². The van der Waals surface area contributed by atoms with Gasteiger partial charge in [-0.15, -0.1) is 12.6 Å². The van der Waals surface area contributed by atoms with Gasteiger partial charge in [0.25, 0.3) is 5.91 Å². The number of anilines is 3. The van der Waals surface area contributed by atoms with Crippen molar-refractivity contribution in [3.8, 4) is 23.1 Å². The third-order valence-corrected chi connectivity index (χ3v) is 9.85. The number of Topliss-reactive ketones (excluding diaryl/α,β-unsaturated/α-hetero) is 1. The van der Waals surface area contributed by atoms with E-state index in [1.807, 2.05) is 4.90 Å². The van der Waals surface area contributed by atoms with Crippen molar-refractivity contribution in [1.82, 2.24) is 14.9 Å². The highest BCUT2D eigenvalue weighted by Crippen LogP contribution is 2.38. The predicted octanol–water partition coefficient (Wildman–Crippen LogP) is 5.71. The Bertz CT molecular complexity index is 2390. The number of methoxy groups -OCH3 is 2. The lowest BCUT2D eigenvalue weighted by atomic mass is 10.00.